The number of para-hydroxylation sites is 1. The van der Waals surface area contributed by atoms with E-state index in [1.807, 2.05) is 73.1 Å². The maximum absolute atomic E-state index is 13.2. The molecule has 1 fully saturated rings. The molecule has 3 aromatic rings. The molecular weight excluding hydrogens is 364 g/mol. The largest absolute Gasteiger partial charge is 0.379 e. The fourth-order valence-electron chi connectivity index (χ4n) is 3.80. The van der Waals surface area contributed by atoms with Crippen LogP contribution in [0, 0.1) is 0 Å². The van der Waals surface area contributed by atoms with Crippen molar-refractivity contribution in [3.63, 3.8) is 0 Å². The van der Waals surface area contributed by atoms with Crippen LogP contribution >= 0.6 is 0 Å². The summed E-state index contributed by atoms with van der Waals surface area (Å²) in [6, 6.07) is 17.9. The number of rotatable bonds is 6. The van der Waals surface area contributed by atoms with Crippen molar-refractivity contribution < 1.29 is 9.53 Å². The molecule has 1 saturated heterocycles. The van der Waals surface area contributed by atoms with Crippen molar-refractivity contribution in [3.05, 3.63) is 65.9 Å². The normalized spacial score (nSPS) is 15.5. The summed E-state index contributed by atoms with van der Waals surface area (Å²) in [7, 11) is 0. The highest BCUT2D eigenvalue weighted by Crippen LogP contribution is 2.23. The molecule has 152 valence electrons. The van der Waals surface area contributed by atoms with E-state index >= 15 is 0 Å². The minimum Gasteiger partial charge on any atom is -0.379 e. The molecule has 4 rings (SSSR count). The van der Waals surface area contributed by atoms with Crippen LogP contribution in [0.15, 0.2) is 54.6 Å². The number of fused-ring (bicyclic) bond motifs is 1. The van der Waals surface area contributed by atoms with Crippen LogP contribution < -0.4 is 5.32 Å². The quantitative estimate of drug-likeness (QED) is 0.701. The number of ether oxygens (including phenoxy) is 1. The number of carbonyl (C=O) groups excluding carboxylic acids is 1. The van der Waals surface area contributed by atoms with E-state index in [4.69, 9.17) is 9.84 Å². The average molecular weight is 393 g/mol. The Kier molecular flexibility index (Phi) is 5.65. The number of morpholine rings is 1. The summed E-state index contributed by atoms with van der Waals surface area (Å²) < 4.78 is 7.38. The average Bonchev–Trinajstić information content (AvgIpc) is 3.12. The predicted molar refractivity (Wildman–Crippen MR) is 114 cm³/mol. The summed E-state index contributed by atoms with van der Waals surface area (Å²) in [6.45, 7) is 9.11. The number of aromatic nitrogens is 2. The van der Waals surface area contributed by atoms with Gasteiger partial charge in [-0.15, -0.1) is 0 Å². The third-order valence-electron chi connectivity index (χ3n) is 5.53. The molecule has 1 amide bonds. The molecule has 0 bridgehead atoms. The minimum absolute atomic E-state index is 0.153. The van der Waals surface area contributed by atoms with Gasteiger partial charge in [-0.25, -0.2) is 0 Å². The number of hydrogen-bond acceptors (Lipinski definition) is 4. The highest BCUT2D eigenvalue weighted by Gasteiger charge is 2.26. The summed E-state index contributed by atoms with van der Waals surface area (Å²) in [5.74, 6) is -0.153. The number of nitrogens with zero attached hydrogens (tertiary/aromatic N) is 3. The molecule has 0 aliphatic carbocycles. The van der Waals surface area contributed by atoms with Crippen LogP contribution in [-0.2, 0) is 16.8 Å². The van der Waals surface area contributed by atoms with Gasteiger partial charge in [0.25, 0.3) is 5.91 Å². The monoisotopic (exact) mass is 392 g/mol. The zero-order chi connectivity index (χ0) is 20.3. The number of hydrogen-bond donors (Lipinski definition) is 1. The highest BCUT2D eigenvalue weighted by atomic mass is 16.5. The molecule has 1 aliphatic heterocycles. The van der Waals surface area contributed by atoms with Gasteiger partial charge in [-0.05, 0) is 25.5 Å². The van der Waals surface area contributed by atoms with Crippen LogP contribution in [0.4, 0.5) is 0 Å². The van der Waals surface area contributed by atoms with Gasteiger partial charge in [0.05, 0.1) is 30.8 Å². The van der Waals surface area contributed by atoms with Gasteiger partial charge in [-0.2, -0.15) is 5.10 Å². The van der Waals surface area contributed by atoms with Crippen molar-refractivity contribution in [2.75, 3.05) is 32.8 Å². The molecule has 0 saturated carbocycles. The van der Waals surface area contributed by atoms with Crippen LogP contribution in [0.1, 0.15) is 29.9 Å². The smallest absolute Gasteiger partial charge is 0.273 e. The SMILES string of the molecule is CC(C)(NC(=O)c1nn(CCN2CCOCC2)c2ccccc12)c1ccccc1. The Morgan fingerprint density at radius 3 is 2.48 bits per heavy atom. The molecular formula is C23H28N4O2. The second kappa shape index (κ2) is 8.35. The van der Waals surface area contributed by atoms with Crippen molar-refractivity contribution in [1.29, 1.82) is 0 Å². The molecule has 0 unspecified atom stereocenters. The van der Waals surface area contributed by atoms with E-state index in [0.717, 1.165) is 55.9 Å². The molecule has 1 N–H and O–H groups in total. The topological polar surface area (TPSA) is 59.4 Å². The molecule has 1 aliphatic rings. The lowest BCUT2D eigenvalue weighted by molar-refractivity contribution is 0.0361. The summed E-state index contributed by atoms with van der Waals surface area (Å²) in [4.78, 5) is 15.5. The molecule has 0 radical (unpaired) electrons. The Morgan fingerprint density at radius 1 is 1.03 bits per heavy atom. The van der Waals surface area contributed by atoms with Crippen LogP contribution in [0.25, 0.3) is 10.9 Å². The van der Waals surface area contributed by atoms with Gasteiger partial charge in [-0.3, -0.25) is 14.4 Å². The summed E-state index contributed by atoms with van der Waals surface area (Å²) in [5, 5.41) is 8.74. The van der Waals surface area contributed by atoms with E-state index in [1.165, 1.54) is 0 Å². The van der Waals surface area contributed by atoms with E-state index in [9.17, 15) is 4.79 Å². The Morgan fingerprint density at radius 2 is 1.72 bits per heavy atom. The number of amides is 1. The third kappa shape index (κ3) is 4.33. The molecule has 1 aromatic heterocycles. The zero-order valence-electron chi connectivity index (χ0n) is 17.1. The van der Waals surface area contributed by atoms with Gasteiger partial charge in [-0.1, -0.05) is 48.5 Å². The fourth-order valence-corrected chi connectivity index (χ4v) is 3.80. The second-order valence-corrected chi connectivity index (χ2v) is 7.99. The summed E-state index contributed by atoms with van der Waals surface area (Å²) >= 11 is 0. The molecule has 0 spiro atoms. The van der Waals surface area contributed by atoms with Crippen molar-refractivity contribution in [2.45, 2.75) is 25.9 Å². The first-order chi connectivity index (χ1) is 14.0. The van der Waals surface area contributed by atoms with Gasteiger partial charge in [0, 0.05) is 25.0 Å². The van der Waals surface area contributed by atoms with Crippen LogP contribution in [-0.4, -0.2) is 53.4 Å². The van der Waals surface area contributed by atoms with Crippen LogP contribution in [0.3, 0.4) is 0 Å². The molecule has 0 atom stereocenters. The standard InChI is InChI=1S/C23H28N4O2/c1-23(2,18-8-4-3-5-9-18)24-22(28)21-19-10-6-7-11-20(19)27(25-21)13-12-26-14-16-29-17-15-26/h3-11H,12-17H2,1-2H3,(H,24,28). The highest BCUT2D eigenvalue weighted by molar-refractivity contribution is 6.05. The molecule has 29 heavy (non-hydrogen) atoms. The molecule has 2 heterocycles. The van der Waals surface area contributed by atoms with Gasteiger partial charge in [0.15, 0.2) is 5.69 Å². The van der Waals surface area contributed by atoms with E-state index in [0.29, 0.717) is 5.69 Å². The first kappa shape index (κ1) is 19.6. The van der Waals surface area contributed by atoms with Crippen LogP contribution in [0.2, 0.25) is 0 Å². The second-order valence-electron chi connectivity index (χ2n) is 7.99. The number of benzene rings is 2. The Balaban J connectivity index is 1.56. The van der Waals surface area contributed by atoms with Crippen molar-refractivity contribution in [3.8, 4) is 0 Å². The fraction of sp³-hybridized carbons (Fsp3) is 0.391. The van der Waals surface area contributed by atoms with Gasteiger partial charge >= 0.3 is 0 Å². The number of carbonyl (C=O) groups is 1. The Labute approximate surface area is 171 Å². The van der Waals surface area contributed by atoms with Gasteiger partial charge < -0.3 is 10.1 Å². The van der Waals surface area contributed by atoms with Crippen LogP contribution in [0.5, 0.6) is 0 Å². The maximum atomic E-state index is 13.2. The summed E-state index contributed by atoms with van der Waals surface area (Å²) in [6.07, 6.45) is 0. The predicted octanol–water partition coefficient (Wildman–Crippen LogP) is 3.03. The zero-order valence-corrected chi connectivity index (χ0v) is 17.1. The van der Waals surface area contributed by atoms with E-state index < -0.39 is 5.54 Å². The molecule has 2 aromatic carbocycles. The Hall–Kier alpha value is -2.70. The van der Waals surface area contributed by atoms with E-state index in [2.05, 4.69) is 10.2 Å². The minimum atomic E-state index is -0.489. The van der Waals surface area contributed by atoms with Crippen molar-refractivity contribution in [2.24, 2.45) is 0 Å². The van der Waals surface area contributed by atoms with E-state index in [-0.39, 0.29) is 5.91 Å². The number of nitrogens with one attached hydrogen (secondary N) is 1. The lowest BCUT2D eigenvalue weighted by Gasteiger charge is -2.26. The first-order valence-electron chi connectivity index (χ1n) is 10.2. The first-order valence-corrected chi connectivity index (χ1v) is 10.2. The third-order valence-corrected chi connectivity index (χ3v) is 5.53. The van der Waals surface area contributed by atoms with Crippen molar-refractivity contribution >= 4 is 16.8 Å². The molecule has 6 nitrogen and oxygen atoms in total. The van der Waals surface area contributed by atoms with Gasteiger partial charge in [0.2, 0.25) is 0 Å². The van der Waals surface area contributed by atoms with E-state index in [1.54, 1.807) is 0 Å². The summed E-state index contributed by atoms with van der Waals surface area (Å²) in [5.41, 5.74) is 2.04. The maximum Gasteiger partial charge on any atom is 0.273 e. The Bertz CT molecular complexity index is 975. The lowest BCUT2D eigenvalue weighted by Crippen LogP contribution is -2.41. The lowest BCUT2D eigenvalue weighted by atomic mass is 9.94. The van der Waals surface area contributed by atoms with Gasteiger partial charge in [0.1, 0.15) is 0 Å². The molecule has 6 heteroatoms. The van der Waals surface area contributed by atoms with Crippen molar-refractivity contribution in [1.82, 2.24) is 20.0 Å².